The van der Waals surface area contributed by atoms with Crippen molar-refractivity contribution in [3.8, 4) is 11.8 Å². The first-order chi connectivity index (χ1) is 6.38. The van der Waals surface area contributed by atoms with Crippen LogP contribution in [0.1, 0.15) is 5.56 Å². The van der Waals surface area contributed by atoms with Crippen LogP contribution < -0.4 is 4.74 Å². The summed E-state index contributed by atoms with van der Waals surface area (Å²) in [6, 6.07) is 9.39. The summed E-state index contributed by atoms with van der Waals surface area (Å²) in [6.07, 6.45) is 0.346. The van der Waals surface area contributed by atoms with E-state index in [1.807, 2.05) is 23.9 Å². The number of nitriles is 1. The zero-order valence-corrected chi connectivity index (χ0v) is 7.88. The summed E-state index contributed by atoms with van der Waals surface area (Å²) in [5.74, 6) is 2.94. The van der Waals surface area contributed by atoms with E-state index in [4.69, 9.17) is 10.00 Å². The lowest BCUT2D eigenvalue weighted by molar-refractivity contribution is 0.240. The lowest BCUT2D eigenvalue weighted by Crippen LogP contribution is -2.30. The van der Waals surface area contributed by atoms with E-state index in [9.17, 15) is 0 Å². The normalized spacial score (nSPS) is 15.9. The van der Waals surface area contributed by atoms with Crippen molar-refractivity contribution in [1.82, 2.24) is 0 Å². The molecule has 66 valence electrons. The highest BCUT2D eigenvalue weighted by atomic mass is 32.2. The topological polar surface area (TPSA) is 33.0 Å². The predicted molar refractivity (Wildman–Crippen MR) is 52.9 cm³/mol. The van der Waals surface area contributed by atoms with Crippen molar-refractivity contribution >= 4 is 11.8 Å². The first kappa shape index (κ1) is 8.46. The van der Waals surface area contributed by atoms with Gasteiger partial charge in [0, 0.05) is 11.5 Å². The first-order valence-electron chi connectivity index (χ1n) is 4.13. The summed E-state index contributed by atoms with van der Waals surface area (Å²) < 4.78 is 5.62. The number of thioether (sulfide) groups is 1. The molecule has 0 atom stereocenters. The number of hydrogen-bond acceptors (Lipinski definition) is 3. The van der Waals surface area contributed by atoms with E-state index in [1.54, 1.807) is 12.1 Å². The second-order valence-electron chi connectivity index (χ2n) is 2.92. The Balaban J connectivity index is 2.07. The highest BCUT2D eigenvalue weighted by molar-refractivity contribution is 8.00. The molecule has 2 rings (SSSR count). The number of ether oxygens (including phenoxy) is 1. The van der Waals surface area contributed by atoms with Crippen LogP contribution in [0.25, 0.3) is 0 Å². The Morgan fingerprint density at radius 3 is 2.92 bits per heavy atom. The van der Waals surface area contributed by atoms with Gasteiger partial charge in [-0.1, -0.05) is 6.07 Å². The molecule has 0 aliphatic carbocycles. The predicted octanol–water partition coefficient (Wildman–Crippen LogP) is 2.05. The second kappa shape index (κ2) is 3.71. The Hall–Kier alpha value is -1.14. The quantitative estimate of drug-likeness (QED) is 0.717. The van der Waals surface area contributed by atoms with Crippen LogP contribution in [0, 0.1) is 11.3 Å². The number of rotatable bonds is 2. The molecule has 0 bridgehead atoms. The zero-order chi connectivity index (χ0) is 9.10. The fourth-order valence-corrected chi connectivity index (χ4v) is 1.68. The smallest absolute Gasteiger partial charge is 0.121 e. The van der Waals surface area contributed by atoms with Crippen LogP contribution in [0.2, 0.25) is 0 Å². The molecule has 0 saturated carbocycles. The summed E-state index contributed by atoms with van der Waals surface area (Å²) in [4.78, 5) is 0. The van der Waals surface area contributed by atoms with E-state index < -0.39 is 0 Å². The van der Waals surface area contributed by atoms with Gasteiger partial charge in [-0.2, -0.15) is 17.0 Å². The van der Waals surface area contributed by atoms with E-state index in [-0.39, 0.29) is 0 Å². The van der Waals surface area contributed by atoms with Crippen LogP contribution in [0.3, 0.4) is 0 Å². The van der Waals surface area contributed by atoms with Gasteiger partial charge in [-0.15, -0.1) is 0 Å². The molecule has 1 aliphatic heterocycles. The van der Waals surface area contributed by atoms with Gasteiger partial charge in [-0.3, -0.25) is 0 Å². The fourth-order valence-electron chi connectivity index (χ4n) is 1.11. The second-order valence-corrected chi connectivity index (χ2v) is 3.99. The standard InChI is InChI=1S/C10H9NOS/c11-5-8-2-1-3-9(4-8)12-10-6-13-7-10/h1-4,10H,6-7H2. The Morgan fingerprint density at radius 2 is 2.31 bits per heavy atom. The summed E-state index contributed by atoms with van der Waals surface area (Å²) in [5, 5.41) is 8.66. The average Bonchev–Trinajstić information content (AvgIpc) is 2.12. The van der Waals surface area contributed by atoms with Crippen LogP contribution in [-0.4, -0.2) is 17.6 Å². The van der Waals surface area contributed by atoms with Gasteiger partial charge in [0.1, 0.15) is 11.9 Å². The van der Waals surface area contributed by atoms with Gasteiger partial charge >= 0.3 is 0 Å². The molecule has 1 fully saturated rings. The monoisotopic (exact) mass is 191 g/mol. The highest BCUT2D eigenvalue weighted by Gasteiger charge is 2.19. The molecule has 0 spiro atoms. The summed E-state index contributed by atoms with van der Waals surface area (Å²) in [6.45, 7) is 0. The highest BCUT2D eigenvalue weighted by Crippen LogP contribution is 2.24. The molecular weight excluding hydrogens is 182 g/mol. The van der Waals surface area contributed by atoms with Crippen LogP contribution in [0.15, 0.2) is 24.3 Å². The molecule has 0 amide bonds. The molecule has 13 heavy (non-hydrogen) atoms. The van der Waals surface area contributed by atoms with Crippen molar-refractivity contribution < 1.29 is 4.74 Å². The van der Waals surface area contributed by atoms with Gasteiger partial charge in [0.15, 0.2) is 0 Å². The molecule has 1 saturated heterocycles. The largest absolute Gasteiger partial charge is 0.489 e. The maximum atomic E-state index is 8.66. The van der Waals surface area contributed by atoms with E-state index in [2.05, 4.69) is 6.07 Å². The molecule has 1 aromatic rings. The molecule has 1 aliphatic rings. The Labute approximate surface area is 81.5 Å². The fraction of sp³-hybridized carbons (Fsp3) is 0.300. The molecule has 2 nitrogen and oxygen atoms in total. The average molecular weight is 191 g/mol. The lowest BCUT2D eigenvalue weighted by Gasteiger charge is -2.25. The molecule has 3 heteroatoms. The third-order valence-corrected chi connectivity index (χ3v) is 3.09. The van der Waals surface area contributed by atoms with Crippen LogP contribution in [0.5, 0.6) is 5.75 Å². The van der Waals surface area contributed by atoms with Gasteiger partial charge in [0.2, 0.25) is 0 Å². The Morgan fingerprint density at radius 1 is 1.46 bits per heavy atom. The summed E-state index contributed by atoms with van der Waals surface area (Å²) >= 11 is 1.88. The van der Waals surface area contributed by atoms with E-state index >= 15 is 0 Å². The molecule has 1 heterocycles. The van der Waals surface area contributed by atoms with E-state index in [1.165, 1.54) is 0 Å². The van der Waals surface area contributed by atoms with Gasteiger partial charge in [-0.05, 0) is 18.2 Å². The van der Waals surface area contributed by atoms with Crippen LogP contribution in [-0.2, 0) is 0 Å². The first-order valence-corrected chi connectivity index (χ1v) is 5.28. The number of nitrogens with zero attached hydrogens (tertiary/aromatic N) is 1. The van der Waals surface area contributed by atoms with E-state index in [0.29, 0.717) is 11.7 Å². The molecule has 0 aromatic heterocycles. The van der Waals surface area contributed by atoms with Crippen molar-refractivity contribution in [2.75, 3.05) is 11.5 Å². The maximum Gasteiger partial charge on any atom is 0.121 e. The van der Waals surface area contributed by atoms with Crippen molar-refractivity contribution in [3.63, 3.8) is 0 Å². The maximum absolute atomic E-state index is 8.66. The van der Waals surface area contributed by atoms with Crippen molar-refractivity contribution in [2.24, 2.45) is 0 Å². The third-order valence-electron chi connectivity index (χ3n) is 1.87. The summed E-state index contributed by atoms with van der Waals surface area (Å²) in [5.41, 5.74) is 0.657. The Bertz CT molecular complexity index is 341. The van der Waals surface area contributed by atoms with E-state index in [0.717, 1.165) is 17.3 Å². The summed E-state index contributed by atoms with van der Waals surface area (Å²) in [7, 11) is 0. The minimum Gasteiger partial charge on any atom is -0.489 e. The molecule has 0 N–H and O–H groups in total. The van der Waals surface area contributed by atoms with Gasteiger partial charge in [0.25, 0.3) is 0 Å². The molecular formula is C10H9NOS. The Kier molecular flexibility index (Phi) is 2.42. The van der Waals surface area contributed by atoms with Crippen LogP contribution >= 0.6 is 11.8 Å². The van der Waals surface area contributed by atoms with Gasteiger partial charge < -0.3 is 4.74 Å². The van der Waals surface area contributed by atoms with Gasteiger partial charge in [0.05, 0.1) is 11.6 Å². The number of benzene rings is 1. The van der Waals surface area contributed by atoms with Gasteiger partial charge in [-0.25, -0.2) is 0 Å². The van der Waals surface area contributed by atoms with Crippen molar-refractivity contribution in [3.05, 3.63) is 29.8 Å². The molecule has 1 aromatic carbocycles. The zero-order valence-electron chi connectivity index (χ0n) is 7.06. The minimum atomic E-state index is 0.346. The van der Waals surface area contributed by atoms with Crippen molar-refractivity contribution in [1.29, 1.82) is 5.26 Å². The SMILES string of the molecule is N#Cc1cccc(OC2CSC2)c1. The minimum absolute atomic E-state index is 0.346. The number of hydrogen-bond donors (Lipinski definition) is 0. The molecule has 0 radical (unpaired) electrons. The lowest BCUT2D eigenvalue weighted by atomic mass is 10.2. The van der Waals surface area contributed by atoms with Crippen LogP contribution in [0.4, 0.5) is 0 Å². The van der Waals surface area contributed by atoms with Crippen molar-refractivity contribution in [2.45, 2.75) is 6.10 Å². The molecule has 0 unspecified atom stereocenters. The third kappa shape index (κ3) is 1.96.